The van der Waals surface area contributed by atoms with Gasteiger partial charge in [-0.1, -0.05) is 38.0 Å². The van der Waals surface area contributed by atoms with Crippen LogP contribution in [0.25, 0.3) is 11.3 Å². The van der Waals surface area contributed by atoms with Crippen LogP contribution in [0.4, 0.5) is 4.79 Å². The molecule has 0 radical (unpaired) electrons. The van der Waals surface area contributed by atoms with E-state index in [2.05, 4.69) is 11.9 Å². The van der Waals surface area contributed by atoms with Gasteiger partial charge in [0.1, 0.15) is 6.33 Å². The lowest BCUT2D eigenvalue weighted by molar-refractivity contribution is 0.185. The molecule has 1 aliphatic carbocycles. The van der Waals surface area contributed by atoms with Crippen LogP contribution in [0.2, 0.25) is 0 Å². The molecule has 2 aromatic rings. The molecular weight excluding hydrogens is 336 g/mol. The molecule has 5 nitrogen and oxygen atoms in total. The molecule has 27 heavy (non-hydrogen) atoms. The van der Waals surface area contributed by atoms with E-state index in [0.29, 0.717) is 18.2 Å². The molecule has 1 aromatic heterocycles. The third-order valence-electron chi connectivity index (χ3n) is 5.57. The van der Waals surface area contributed by atoms with Crippen LogP contribution in [-0.2, 0) is 6.42 Å². The monoisotopic (exact) mass is 366 g/mol. The molecular formula is C22H30N4O. The lowest BCUT2D eigenvalue weighted by Crippen LogP contribution is -2.39. The van der Waals surface area contributed by atoms with Gasteiger partial charge in [0, 0.05) is 37.0 Å². The Balaban J connectivity index is 1.73. The van der Waals surface area contributed by atoms with E-state index in [1.165, 1.54) is 19.3 Å². The molecule has 1 heterocycles. The van der Waals surface area contributed by atoms with E-state index in [9.17, 15) is 4.79 Å². The van der Waals surface area contributed by atoms with Crippen molar-refractivity contribution in [1.29, 1.82) is 5.41 Å². The van der Waals surface area contributed by atoms with Gasteiger partial charge < -0.3 is 10.3 Å². The molecule has 5 heteroatoms. The molecule has 0 bridgehead atoms. The van der Waals surface area contributed by atoms with Crippen molar-refractivity contribution in [2.45, 2.75) is 58.4 Å². The number of rotatable bonds is 4. The molecule has 0 aliphatic heterocycles. The number of aromatic nitrogens is 2. The molecule has 1 saturated carbocycles. The third-order valence-corrected chi connectivity index (χ3v) is 5.57. The largest absolute Gasteiger partial charge is 0.329 e. The average molecular weight is 367 g/mol. The van der Waals surface area contributed by atoms with Crippen LogP contribution < -0.4 is 0 Å². The Morgan fingerprint density at radius 1 is 1.30 bits per heavy atom. The van der Waals surface area contributed by atoms with Crippen LogP contribution >= 0.6 is 0 Å². The molecule has 0 spiro atoms. The van der Waals surface area contributed by atoms with Gasteiger partial charge in [-0.2, -0.15) is 0 Å². The van der Waals surface area contributed by atoms with E-state index in [1.54, 1.807) is 10.9 Å². The second-order valence-corrected chi connectivity index (χ2v) is 7.98. The van der Waals surface area contributed by atoms with Crippen molar-refractivity contribution < 1.29 is 4.79 Å². The zero-order chi connectivity index (χ0) is 19.4. The highest BCUT2D eigenvalue weighted by molar-refractivity contribution is 5.81. The summed E-state index contributed by atoms with van der Waals surface area (Å²) in [4.78, 5) is 19.3. The Hall–Kier alpha value is -2.43. The summed E-state index contributed by atoms with van der Waals surface area (Å²) in [6.07, 6.45) is 9.87. The lowest BCUT2D eigenvalue weighted by Gasteiger charge is -2.27. The Morgan fingerprint density at radius 2 is 2.11 bits per heavy atom. The number of nitrogens with one attached hydrogen (secondary N) is 1. The van der Waals surface area contributed by atoms with E-state index < -0.39 is 0 Å². The SMILES string of the molecule is CC(=N)Cc1cccc(-c2cn(C(=O)N(C)C3CCCC(C)CC3)cn2)c1. The topological polar surface area (TPSA) is 62.0 Å². The Morgan fingerprint density at radius 3 is 2.89 bits per heavy atom. The van der Waals surface area contributed by atoms with Crippen molar-refractivity contribution in [2.75, 3.05) is 7.05 Å². The molecule has 144 valence electrons. The van der Waals surface area contributed by atoms with E-state index in [0.717, 1.165) is 35.6 Å². The van der Waals surface area contributed by atoms with Crippen LogP contribution in [0.5, 0.6) is 0 Å². The quantitative estimate of drug-likeness (QED) is 0.611. The van der Waals surface area contributed by atoms with Crippen molar-refractivity contribution in [3.63, 3.8) is 0 Å². The first-order valence-electron chi connectivity index (χ1n) is 9.88. The van der Waals surface area contributed by atoms with Gasteiger partial charge in [0.15, 0.2) is 0 Å². The van der Waals surface area contributed by atoms with Gasteiger partial charge in [0.05, 0.1) is 5.69 Å². The number of nitrogens with zero attached hydrogens (tertiary/aromatic N) is 3. The molecule has 1 aliphatic rings. The molecule has 1 amide bonds. The fourth-order valence-corrected chi connectivity index (χ4v) is 3.92. The zero-order valence-corrected chi connectivity index (χ0v) is 16.6. The van der Waals surface area contributed by atoms with Crippen molar-refractivity contribution in [3.05, 3.63) is 42.4 Å². The van der Waals surface area contributed by atoms with Gasteiger partial charge in [-0.3, -0.25) is 4.57 Å². The third kappa shape index (κ3) is 4.85. The van der Waals surface area contributed by atoms with Crippen molar-refractivity contribution in [1.82, 2.24) is 14.5 Å². The van der Waals surface area contributed by atoms with Gasteiger partial charge in [0.2, 0.25) is 0 Å². The summed E-state index contributed by atoms with van der Waals surface area (Å²) in [5.74, 6) is 0.759. The number of amides is 1. The number of imidazole rings is 1. The highest BCUT2D eigenvalue weighted by atomic mass is 16.2. The summed E-state index contributed by atoms with van der Waals surface area (Å²) in [5, 5.41) is 7.67. The second-order valence-electron chi connectivity index (χ2n) is 7.98. The molecule has 3 rings (SSSR count). The molecule has 0 saturated heterocycles. The first-order valence-corrected chi connectivity index (χ1v) is 9.88. The lowest BCUT2D eigenvalue weighted by atomic mass is 10.0. The van der Waals surface area contributed by atoms with Gasteiger partial charge in [-0.25, -0.2) is 9.78 Å². The van der Waals surface area contributed by atoms with E-state index in [-0.39, 0.29) is 6.03 Å². The number of carbonyl (C=O) groups excluding carboxylic acids is 1. The number of hydrogen-bond acceptors (Lipinski definition) is 3. The maximum Gasteiger partial charge on any atom is 0.329 e. The Kier molecular flexibility index (Phi) is 6.09. The van der Waals surface area contributed by atoms with Crippen LogP contribution in [0, 0.1) is 11.3 Å². The summed E-state index contributed by atoms with van der Waals surface area (Å²) in [6, 6.07) is 8.34. The van der Waals surface area contributed by atoms with Crippen LogP contribution in [0.1, 0.15) is 51.5 Å². The average Bonchev–Trinajstić information content (AvgIpc) is 3.03. The van der Waals surface area contributed by atoms with Crippen LogP contribution in [-0.4, -0.2) is 39.3 Å². The zero-order valence-electron chi connectivity index (χ0n) is 16.6. The predicted molar refractivity (Wildman–Crippen MR) is 109 cm³/mol. The molecule has 1 N–H and O–H groups in total. The van der Waals surface area contributed by atoms with Crippen LogP contribution in [0.3, 0.4) is 0 Å². The summed E-state index contributed by atoms with van der Waals surface area (Å²) >= 11 is 0. The summed E-state index contributed by atoms with van der Waals surface area (Å²) in [6.45, 7) is 4.12. The van der Waals surface area contributed by atoms with E-state index >= 15 is 0 Å². The van der Waals surface area contributed by atoms with Gasteiger partial charge in [-0.15, -0.1) is 0 Å². The van der Waals surface area contributed by atoms with Gasteiger partial charge in [-0.05, 0) is 43.7 Å². The first kappa shape index (κ1) is 19.3. The maximum absolute atomic E-state index is 12.9. The minimum Gasteiger partial charge on any atom is -0.324 e. The van der Waals surface area contributed by atoms with Crippen molar-refractivity contribution in [3.8, 4) is 11.3 Å². The minimum absolute atomic E-state index is 0.0141. The van der Waals surface area contributed by atoms with Crippen LogP contribution in [0.15, 0.2) is 36.8 Å². The van der Waals surface area contributed by atoms with E-state index in [1.807, 2.05) is 49.3 Å². The van der Waals surface area contributed by atoms with Gasteiger partial charge >= 0.3 is 6.03 Å². The molecule has 2 unspecified atom stereocenters. The van der Waals surface area contributed by atoms with E-state index in [4.69, 9.17) is 5.41 Å². The number of benzene rings is 1. The predicted octanol–water partition coefficient (Wildman–Crippen LogP) is 5.00. The highest BCUT2D eigenvalue weighted by Gasteiger charge is 2.24. The molecule has 1 aromatic carbocycles. The number of carbonyl (C=O) groups is 1. The fourth-order valence-electron chi connectivity index (χ4n) is 3.92. The molecule has 2 atom stereocenters. The fraction of sp³-hybridized carbons (Fsp3) is 0.500. The van der Waals surface area contributed by atoms with Crippen molar-refractivity contribution >= 4 is 11.7 Å². The summed E-state index contributed by atoms with van der Waals surface area (Å²) < 4.78 is 1.60. The Bertz CT molecular complexity index is 810. The molecule has 1 fully saturated rings. The second kappa shape index (κ2) is 8.51. The van der Waals surface area contributed by atoms with Gasteiger partial charge in [0.25, 0.3) is 0 Å². The maximum atomic E-state index is 12.9. The number of hydrogen-bond donors (Lipinski definition) is 1. The standard InChI is InChI=1S/C22H30N4O/c1-16-6-4-9-20(11-10-16)25(3)22(27)26-14-21(24-15-26)19-8-5-7-18(13-19)12-17(2)23/h5,7-8,13-16,20,23H,4,6,9-12H2,1-3H3. The minimum atomic E-state index is -0.0141. The summed E-state index contributed by atoms with van der Waals surface area (Å²) in [5.41, 5.74) is 3.49. The Labute approximate surface area is 161 Å². The summed E-state index contributed by atoms with van der Waals surface area (Å²) in [7, 11) is 1.91. The first-order chi connectivity index (χ1) is 12.9. The smallest absolute Gasteiger partial charge is 0.324 e. The normalized spacial score (nSPS) is 20.1. The van der Waals surface area contributed by atoms with Crippen molar-refractivity contribution in [2.24, 2.45) is 5.92 Å². The highest BCUT2D eigenvalue weighted by Crippen LogP contribution is 2.26.